The van der Waals surface area contributed by atoms with Crippen molar-refractivity contribution in [2.24, 2.45) is 0 Å². The largest absolute Gasteiger partial charge is 0.370 e. The van der Waals surface area contributed by atoms with Gasteiger partial charge in [-0.2, -0.15) is 9.40 Å². The molecular formula is C20H26Cl2N6O4S. The smallest absolute Gasteiger partial charge is 0.287 e. The van der Waals surface area contributed by atoms with Crippen LogP contribution in [0.2, 0.25) is 10.0 Å². The number of hydrogen-bond acceptors (Lipinski definition) is 7. The van der Waals surface area contributed by atoms with Crippen LogP contribution in [0, 0.1) is 6.92 Å². The number of nitrogens with one attached hydrogen (secondary N) is 2. The average molecular weight is 517 g/mol. The first-order chi connectivity index (χ1) is 15.5. The fraction of sp³-hybridized carbons (Fsp3) is 0.450. The van der Waals surface area contributed by atoms with Crippen LogP contribution in [0.4, 0.5) is 11.5 Å². The van der Waals surface area contributed by atoms with Crippen molar-refractivity contribution in [3.05, 3.63) is 44.2 Å². The maximum absolute atomic E-state index is 13.3. The summed E-state index contributed by atoms with van der Waals surface area (Å²) in [5.41, 5.74) is 0.152. The van der Waals surface area contributed by atoms with Crippen molar-refractivity contribution in [1.29, 1.82) is 0 Å². The summed E-state index contributed by atoms with van der Waals surface area (Å²) in [6, 6.07) is 4.67. The summed E-state index contributed by atoms with van der Waals surface area (Å²) in [7, 11) is -0.220. The zero-order valence-corrected chi connectivity index (χ0v) is 20.9. The molecule has 1 fully saturated rings. The van der Waals surface area contributed by atoms with E-state index in [1.807, 2.05) is 7.05 Å². The van der Waals surface area contributed by atoms with Gasteiger partial charge in [0.05, 0.1) is 4.90 Å². The lowest BCUT2D eigenvalue weighted by molar-refractivity contribution is -0.117. The highest BCUT2D eigenvalue weighted by Crippen LogP contribution is 2.26. The second-order valence-corrected chi connectivity index (χ2v) is 10.4. The number of carbonyl (C=O) groups excluding carboxylic acids is 1. The van der Waals surface area contributed by atoms with Crippen molar-refractivity contribution >= 4 is 50.6 Å². The second kappa shape index (κ2) is 10.4. The van der Waals surface area contributed by atoms with E-state index in [1.165, 1.54) is 10.4 Å². The van der Waals surface area contributed by atoms with Crippen LogP contribution in [-0.4, -0.2) is 73.6 Å². The highest BCUT2D eigenvalue weighted by atomic mass is 35.5. The quantitative estimate of drug-likeness (QED) is 0.601. The van der Waals surface area contributed by atoms with Gasteiger partial charge in [0.15, 0.2) is 5.82 Å². The molecule has 13 heteroatoms. The maximum Gasteiger partial charge on any atom is 0.287 e. The van der Waals surface area contributed by atoms with Crippen molar-refractivity contribution in [2.45, 2.75) is 24.8 Å². The minimum Gasteiger partial charge on any atom is -0.370 e. The predicted molar refractivity (Wildman–Crippen MR) is 129 cm³/mol. The van der Waals surface area contributed by atoms with Crippen LogP contribution < -0.4 is 16.2 Å². The Kier molecular flexibility index (Phi) is 8.01. The molecule has 0 atom stereocenters. The summed E-state index contributed by atoms with van der Waals surface area (Å²) in [4.78, 5) is 27.1. The molecule has 1 saturated heterocycles. The van der Waals surface area contributed by atoms with Crippen LogP contribution in [-0.2, 0) is 21.4 Å². The Morgan fingerprint density at radius 1 is 1.15 bits per heavy atom. The zero-order chi connectivity index (χ0) is 24.3. The Balaban J connectivity index is 1.82. The van der Waals surface area contributed by atoms with Crippen LogP contribution in [0.3, 0.4) is 0 Å². The van der Waals surface area contributed by atoms with E-state index < -0.39 is 28.0 Å². The molecule has 2 N–H and O–H groups in total. The molecule has 3 rings (SSSR count). The Bertz CT molecular complexity index is 1220. The second-order valence-electron chi connectivity index (χ2n) is 7.78. The molecule has 1 aromatic carbocycles. The molecule has 0 aliphatic carbocycles. The molecule has 1 aliphatic rings. The van der Waals surface area contributed by atoms with Crippen LogP contribution >= 0.6 is 23.2 Å². The van der Waals surface area contributed by atoms with Crippen molar-refractivity contribution < 1.29 is 13.2 Å². The van der Waals surface area contributed by atoms with Gasteiger partial charge in [-0.1, -0.05) is 29.3 Å². The van der Waals surface area contributed by atoms with Gasteiger partial charge < -0.3 is 15.5 Å². The van der Waals surface area contributed by atoms with Gasteiger partial charge in [0.1, 0.15) is 16.6 Å². The summed E-state index contributed by atoms with van der Waals surface area (Å²) in [5, 5.41) is 9.03. The van der Waals surface area contributed by atoms with E-state index in [9.17, 15) is 18.0 Å². The Hall–Kier alpha value is -2.18. The number of amides is 1. The van der Waals surface area contributed by atoms with Crippen molar-refractivity contribution in [3.63, 3.8) is 0 Å². The normalized spacial score (nSPS) is 15.8. The number of hydrogen-bond donors (Lipinski definition) is 2. The number of sulfonamides is 1. The van der Waals surface area contributed by atoms with E-state index in [1.54, 1.807) is 26.1 Å². The number of anilines is 2. The minimum absolute atomic E-state index is 0.0334. The van der Waals surface area contributed by atoms with Gasteiger partial charge in [-0.15, -0.1) is 0 Å². The first kappa shape index (κ1) is 25.4. The molecule has 0 unspecified atom stereocenters. The zero-order valence-electron chi connectivity index (χ0n) is 18.6. The van der Waals surface area contributed by atoms with Gasteiger partial charge in [-0.25, -0.2) is 13.1 Å². The average Bonchev–Trinajstić information content (AvgIpc) is 3.00. The SMILES string of the molecule is CNc1nn(CC(=O)Nc2ccc(C)c(S(=O)(=O)N3CCCN(C)CC3)c2)c(=O)c(Cl)c1Cl. The molecule has 10 nitrogen and oxygen atoms in total. The Morgan fingerprint density at radius 3 is 2.58 bits per heavy atom. The molecule has 33 heavy (non-hydrogen) atoms. The summed E-state index contributed by atoms with van der Waals surface area (Å²) >= 11 is 11.9. The minimum atomic E-state index is -3.74. The molecule has 0 saturated carbocycles. The van der Waals surface area contributed by atoms with E-state index in [0.29, 0.717) is 25.2 Å². The molecule has 0 bridgehead atoms. The van der Waals surface area contributed by atoms with Gasteiger partial charge in [0.2, 0.25) is 15.9 Å². The summed E-state index contributed by atoms with van der Waals surface area (Å²) in [6.07, 6.45) is 0.741. The van der Waals surface area contributed by atoms with E-state index in [2.05, 4.69) is 20.6 Å². The van der Waals surface area contributed by atoms with E-state index in [0.717, 1.165) is 17.6 Å². The van der Waals surface area contributed by atoms with Crippen LogP contribution in [0.5, 0.6) is 0 Å². The van der Waals surface area contributed by atoms with Crippen molar-refractivity contribution in [2.75, 3.05) is 50.9 Å². The van der Waals surface area contributed by atoms with E-state index in [4.69, 9.17) is 23.2 Å². The van der Waals surface area contributed by atoms with Gasteiger partial charge in [-0.05, 0) is 44.6 Å². The van der Waals surface area contributed by atoms with Crippen LogP contribution in [0.1, 0.15) is 12.0 Å². The monoisotopic (exact) mass is 516 g/mol. The fourth-order valence-corrected chi connectivity index (χ4v) is 5.60. The van der Waals surface area contributed by atoms with Crippen LogP contribution in [0.15, 0.2) is 27.9 Å². The molecule has 2 aromatic rings. The summed E-state index contributed by atoms with van der Waals surface area (Å²) < 4.78 is 28.9. The lowest BCUT2D eigenvalue weighted by Crippen LogP contribution is -2.35. The fourth-order valence-electron chi connectivity index (χ4n) is 3.48. The Morgan fingerprint density at radius 2 is 1.88 bits per heavy atom. The number of halogens is 2. The van der Waals surface area contributed by atoms with Gasteiger partial charge in [0, 0.05) is 32.4 Å². The molecule has 0 spiro atoms. The number of nitrogens with zero attached hydrogens (tertiary/aromatic N) is 4. The third-order valence-corrected chi connectivity index (χ3v) is 8.20. The topological polar surface area (TPSA) is 117 Å². The third-order valence-electron chi connectivity index (χ3n) is 5.34. The number of carbonyl (C=O) groups is 1. The lowest BCUT2D eigenvalue weighted by atomic mass is 10.2. The van der Waals surface area contributed by atoms with E-state index >= 15 is 0 Å². The number of benzene rings is 1. The van der Waals surface area contributed by atoms with Crippen LogP contribution in [0.25, 0.3) is 0 Å². The molecular weight excluding hydrogens is 491 g/mol. The number of likely N-dealkylation sites (N-methyl/N-ethyl adjacent to an activating group) is 1. The maximum atomic E-state index is 13.3. The third kappa shape index (κ3) is 5.67. The van der Waals surface area contributed by atoms with Gasteiger partial charge in [-0.3, -0.25) is 9.59 Å². The van der Waals surface area contributed by atoms with Gasteiger partial charge in [0.25, 0.3) is 5.56 Å². The van der Waals surface area contributed by atoms with Crippen molar-refractivity contribution in [3.8, 4) is 0 Å². The number of aryl methyl sites for hydroxylation is 1. The molecule has 0 radical (unpaired) electrons. The first-order valence-corrected chi connectivity index (χ1v) is 12.5. The molecule has 180 valence electrons. The lowest BCUT2D eigenvalue weighted by Gasteiger charge is -2.22. The van der Waals surface area contributed by atoms with Crippen molar-refractivity contribution in [1.82, 2.24) is 19.0 Å². The molecule has 1 aromatic heterocycles. The standard InChI is InChI=1S/C20H26Cl2N6O4S/c1-13-5-6-14(11-15(13)33(31,32)27-8-4-7-26(3)9-10-27)24-16(29)12-28-20(30)18(22)17(21)19(23-2)25-28/h5-6,11H,4,7-10,12H2,1-3H3,(H,23,25)(H,24,29). The first-order valence-electron chi connectivity index (χ1n) is 10.3. The molecule has 1 amide bonds. The number of aromatic nitrogens is 2. The highest BCUT2D eigenvalue weighted by Gasteiger charge is 2.28. The summed E-state index contributed by atoms with van der Waals surface area (Å²) in [6.45, 7) is 3.59. The molecule has 2 heterocycles. The Labute approximate surface area is 202 Å². The van der Waals surface area contributed by atoms with Gasteiger partial charge >= 0.3 is 0 Å². The molecule has 1 aliphatic heterocycles. The van der Waals surface area contributed by atoms with E-state index in [-0.39, 0.29) is 26.4 Å². The number of rotatable bonds is 6. The highest BCUT2D eigenvalue weighted by molar-refractivity contribution is 7.89. The summed E-state index contributed by atoms with van der Waals surface area (Å²) in [5.74, 6) is -0.422. The predicted octanol–water partition coefficient (Wildman–Crippen LogP) is 1.87.